The van der Waals surface area contributed by atoms with Gasteiger partial charge in [-0.1, -0.05) is 49.7 Å². The Bertz CT molecular complexity index is 980. The molecule has 0 fully saturated rings. The number of para-hydroxylation sites is 2. The fourth-order valence-electron chi connectivity index (χ4n) is 4.19. The molecule has 5 heteroatoms. The summed E-state index contributed by atoms with van der Waals surface area (Å²) < 4.78 is 5.53. The zero-order valence-electron chi connectivity index (χ0n) is 17.0. The van der Waals surface area contributed by atoms with Crippen LogP contribution in [0.3, 0.4) is 0 Å². The van der Waals surface area contributed by atoms with Gasteiger partial charge in [0, 0.05) is 24.3 Å². The highest BCUT2D eigenvalue weighted by molar-refractivity contribution is 6.37. The van der Waals surface area contributed by atoms with E-state index in [-0.39, 0.29) is 11.8 Å². The van der Waals surface area contributed by atoms with Gasteiger partial charge in [-0.2, -0.15) is 0 Å². The van der Waals surface area contributed by atoms with Crippen molar-refractivity contribution in [1.29, 1.82) is 0 Å². The first-order valence-corrected chi connectivity index (χ1v) is 10.3. The second-order valence-electron chi connectivity index (χ2n) is 7.42. The van der Waals surface area contributed by atoms with Crippen molar-refractivity contribution in [2.24, 2.45) is 0 Å². The van der Waals surface area contributed by atoms with E-state index >= 15 is 0 Å². The van der Waals surface area contributed by atoms with Crippen LogP contribution in [0.1, 0.15) is 37.3 Å². The van der Waals surface area contributed by atoms with Crippen LogP contribution in [-0.2, 0) is 16.0 Å². The Morgan fingerprint density at radius 2 is 1.76 bits per heavy atom. The van der Waals surface area contributed by atoms with Crippen LogP contribution in [0, 0.1) is 0 Å². The first-order valence-electron chi connectivity index (χ1n) is 10.3. The highest BCUT2D eigenvalue weighted by Gasteiger charge is 2.43. The van der Waals surface area contributed by atoms with Crippen molar-refractivity contribution in [3.05, 3.63) is 65.4 Å². The van der Waals surface area contributed by atoms with Gasteiger partial charge in [0.15, 0.2) is 0 Å². The lowest BCUT2D eigenvalue weighted by Crippen LogP contribution is -2.37. The van der Waals surface area contributed by atoms with Crippen molar-refractivity contribution in [3.8, 4) is 5.75 Å². The Balaban J connectivity index is 1.89. The van der Waals surface area contributed by atoms with Crippen molar-refractivity contribution in [2.45, 2.75) is 32.6 Å². The lowest BCUT2D eigenvalue weighted by Gasteiger charge is -2.32. The summed E-state index contributed by atoms with van der Waals surface area (Å²) in [7, 11) is 1.59. The molecule has 0 saturated heterocycles. The maximum absolute atomic E-state index is 13.5. The molecule has 29 heavy (non-hydrogen) atoms. The lowest BCUT2D eigenvalue weighted by atomic mass is 9.98. The average Bonchev–Trinajstić information content (AvgIpc) is 3.01. The number of amides is 2. The van der Waals surface area contributed by atoms with Crippen molar-refractivity contribution in [2.75, 3.05) is 25.1 Å². The Labute approximate surface area is 171 Å². The van der Waals surface area contributed by atoms with E-state index in [1.54, 1.807) is 7.11 Å². The molecular formula is C24H26N2O3. The summed E-state index contributed by atoms with van der Waals surface area (Å²) >= 11 is 0. The van der Waals surface area contributed by atoms with E-state index in [4.69, 9.17) is 4.74 Å². The average molecular weight is 390 g/mol. The van der Waals surface area contributed by atoms with Crippen LogP contribution >= 0.6 is 0 Å². The molecule has 2 aliphatic heterocycles. The van der Waals surface area contributed by atoms with Crippen LogP contribution in [-0.4, -0.2) is 36.9 Å². The summed E-state index contributed by atoms with van der Waals surface area (Å²) in [6.07, 6.45) is 3.63. The molecule has 0 aliphatic carbocycles. The van der Waals surface area contributed by atoms with Crippen molar-refractivity contribution in [1.82, 2.24) is 4.90 Å². The summed E-state index contributed by atoms with van der Waals surface area (Å²) in [6, 6.07) is 15.6. The van der Waals surface area contributed by atoms with Crippen molar-refractivity contribution >= 4 is 23.1 Å². The normalized spacial score (nSPS) is 16.5. The van der Waals surface area contributed by atoms with Crippen molar-refractivity contribution in [3.63, 3.8) is 0 Å². The molecule has 0 saturated carbocycles. The minimum absolute atomic E-state index is 0.207. The number of ether oxygens (including phenoxy) is 1. The number of carbonyl (C=O) groups excluding carboxylic acids is 2. The summed E-state index contributed by atoms with van der Waals surface area (Å²) in [5.41, 5.74) is 3.81. The molecule has 0 unspecified atom stereocenters. The molecule has 5 nitrogen and oxygen atoms in total. The summed E-state index contributed by atoms with van der Waals surface area (Å²) in [5.74, 6) is 0.163. The monoisotopic (exact) mass is 390 g/mol. The smallest absolute Gasteiger partial charge is 0.278 e. The molecule has 0 bridgehead atoms. The zero-order valence-corrected chi connectivity index (χ0v) is 17.0. The van der Waals surface area contributed by atoms with Crippen LogP contribution in [0.15, 0.2) is 54.2 Å². The maximum atomic E-state index is 13.5. The van der Waals surface area contributed by atoms with Crippen LogP contribution in [0.4, 0.5) is 5.69 Å². The van der Waals surface area contributed by atoms with E-state index in [1.807, 2.05) is 47.4 Å². The van der Waals surface area contributed by atoms with Crippen LogP contribution in [0.2, 0.25) is 0 Å². The van der Waals surface area contributed by atoms with Gasteiger partial charge in [0.05, 0.1) is 12.7 Å². The first-order chi connectivity index (χ1) is 14.2. The maximum Gasteiger partial charge on any atom is 0.278 e. The van der Waals surface area contributed by atoms with E-state index < -0.39 is 0 Å². The number of benzene rings is 2. The minimum atomic E-state index is -0.231. The SMILES string of the molecule is CCCCN1C(=O)C(c2ccccc2OC)=C(N2CCCc3ccccc32)C1=O. The Kier molecular flexibility index (Phi) is 5.38. The Hall–Kier alpha value is -3.08. The molecule has 0 atom stereocenters. The van der Waals surface area contributed by atoms with E-state index in [9.17, 15) is 9.59 Å². The fraction of sp³-hybridized carbons (Fsp3) is 0.333. The molecule has 0 spiro atoms. The van der Waals surface area contributed by atoms with Gasteiger partial charge in [0.1, 0.15) is 11.4 Å². The van der Waals surface area contributed by atoms with Gasteiger partial charge in [-0.25, -0.2) is 0 Å². The standard InChI is InChI=1S/C24H26N2O3/c1-3-4-15-26-23(27)21(18-12-6-8-14-20(18)29-2)22(24(26)28)25-16-9-11-17-10-5-7-13-19(17)25/h5-8,10,12-14H,3-4,9,11,15-16H2,1-2H3. The number of rotatable bonds is 6. The highest BCUT2D eigenvalue weighted by Crippen LogP contribution is 2.40. The number of unbranched alkanes of at least 4 members (excludes halogenated alkanes) is 1. The van der Waals surface area contributed by atoms with Gasteiger partial charge >= 0.3 is 0 Å². The van der Waals surface area contributed by atoms with Crippen LogP contribution in [0.25, 0.3) is 5.57 Å². The molecule has 2 aliphatic rings. The molecule has 0 radical (unpaired) electrons. The van der Waals surface area contributed by atoms with E-state index in [0.717, 1.165) is 31.4 Å². The molecule has 0 aromatic heterocycles. The number of imide groups is 1. The first kappa shape index (κ1) is 19.2. The summed E-state index contributed by atoms with van der Waals surface area (Å²) in [5, 5.41) is 0. The molecular weight excluding hydrogens is 364 g/mol. The molecule has 2 aromatic rings. The largest absolute Gasteiger partial charge is 0.496 e. The number of hydrogen-bond acceptors (Lipinski definition) is 4. The predicted octanol–water partition coefficient (Wildman–Crippen LogP) is 4.03. The highest BCUT2D eigenvalue weighted by atomic mass is 16.5. The molecule has 2 heterocycles. The molecule has 4 rings (SSSR count). The van der Waals surface area contributed by atoms with Crippen molar-refractivity contribution < 1.29 is 14.3 Å². The topological polar surface area (TPSA) is 49.9 Å². The van der Waals surface area contributed by atoms with Gasteiger partial charge in [-0.05, 0) is 37.0 Å². The molecule has 0 N–H and O–H groups in total. The van der Waals surface area contributed by atoms with Gasteiger partial charge in [0.25, 0.3) is 11.8 Å². The molecule has 2 aromatic carbocycles. The Morgan fingerprint density at radius 1 is 1.00 bits per heavy atom. The summed E-state index contributed by atoms with van der Waals surface area (Å²) in [6.45, 7) is 3.21. The second-order valence-corrected chi connectivity index (χ2v) is 7.42. The number of nitrogens with zero attached hydrogens (tertiary/aromatic N) is 2. The minimum Gasteiger partial charge on any atom is -0.496 e. The third-order valence-corrected chi connectivity index (χ3v) is 5.64. The molecule has 150 valence electrons. The van der Waals surface area contributed by atoms with E-state index in [2.05, 4.69) is 13.0 Å². The van der Waals surface area contributed by atoms with Crippen LogP contribution in [0.5, 0.6) is 5.75 Å². The number of methoxy groups -OCH3 is 1. The number of aryl methyl sites for hydroxylation is 1. The van der Waals surface area contributed by atoms with Gasteiger partial charge in [-0.3, -0.25) is 14.5 Å². The quantitative estimate of drug-likeness (QED) is 0.699. The second kappa shape index (κ2) is 8.11. The third kappa shape index (κ3) is 3.31. The number of hydrogen-bond donors (Lipinski definition) is 0. The van der Waals surface area contributed by atoms with Gasteiger partial charge < -0.3 is 9.64 Å². The van der Waals surface area contributed by atoms with Crippen LogP contribution < -0.4 is 9.64 Å². The zero-order chi connectivity index (χ0) is 20.4. The van der Waals surface area contributed by atoms with Gasteiger partial charge in [-0.15, -0.1) is 0 Å². The predicted molar refractivity (Wildman–Crippen MR) is 114 cm³/mol. The lowest BCUT2D eigenvalue weighted by molar-refractivity contribution is -0.136. The third-order valence-electron chi connectivity index (χ3n) is 5.64. The van der Waals surface area contributed by atoms with E-state index in [1.165, 1.54) is 10.5 Å². The number of carbonyl (C=O) groups is 2. The fourth-order valence-corrected chi connectivity index (χ4v) is 4.19. The van der Waals surface area contributed by atoms with Gasteiger partial charge in [0.2, 0.25) is 0 Å². The number of fused-ring (bicyclic) bond motifs is 1. The Morgan fingerprint density at radius 3 is 2.55 bits per heavy atom. The number of anilines is 1. The summed E-state index contributed by atoms with van der Waals surface area (Å²) in [4.78, 5) is 30.3. The van der Waals surface area contributed by atoms with E-state index in [0.29, 0.717) is 35.7 Å². The molecule has 2 amide bonds.